The molecule has 1 saturated heterocycles. The second-order valence-corrected chi connectivity index (χ2v) is 11.0. The molecule has 2 aliphatic rings. The highest BCUT2D eigenvalue weighted by molar-refractivity contribution is 7.10. The average molecular weight is 539 g/mol. The van der Waals surface area contributed by atoms with Crippen LogP contribution in [0, 0.1) is 6.92 Å². The molecule has 2 atom stereocenters. The summed E-state index contributed by atoms with van der Waals surface area (Å²) in [6, 6.07) is 16.7. The molecule has 2 amide bonds. The van der Waals surface area contributed by atoms with Gasteiger partial charge in [0, 0.05) is 35.2 Å². The van der Waals surface area contributed by atoms with Gasteiger partial charge in [0.25, 0.3) is 5.91 Å². The molecule has 0 spiro atoms. The number of fused-ring (bicyclic) bond motifs is 1. The molecule has 3 aromatic rings. The Bertz CT molecular complexity index is 1240. The minimum absolute atomic E-state index is 0.0221. The van der Waals surface area contributed by atoms with Crippen LogP contribution in [-0.4, -0.2) is 60.6 Å². The van der Waals surface area contributed by atoms with Gasteiger partial charge in [-0.05, 0) is 73.5 Å². The molecule has 1 aromatic heterocycles. The van der Waals surface area contributed by atoms with Crippen molar-refractivity contribution in [3.8, 4) is 5.75 Å². The molecule has 2 aromatic carbocycles. The Labute approximate surface area is 226 Å². The van der Waals surface area contributed by atoms with Gasteiger partial charge < -0.3 is 19.3 Å². The van der Waals surface area contributed by atoms with Crippen LogP contribution < -0.4 is 4.74 Å². The summed E-state index contributed by atoms with van der Waals surface area (Å²) in [6.07, 6.45) is 2.57. The molecule has 1 fully saturated rings. The zero-order chi connectivity index (χ0) is 25.8. The summed E-state index contributed by atoms with van der Waals surface area (Å²) in [5.74, 6) is 0.464. The number of ether oxygens (including phenoxy) is 2. The minimum atomic E-state index is -0.216. The van der Waals surface area contributed by atoms with Crippen LogP contribution in [-0.2, 0) is 16.0 Å². The Balaban J connectivity index is 1.35. The minimum Gasteiger partial charge on any atom is -0.491 e. The summed E-state index contributed by atoms with van der Waals surface area (Å²) in [7, 11) is 0. The Morgan fingerprint density at radius 1 is 1.19 bits per heavy atom. The summed E-state index contributed by atoms with van der Waals surface area (Å²) >= 11 is 7.88. The number of rotatable bonds is 8. The SMILES string of the molecule is Cc1ccc(OC[C@H]2c3ccsc3CCN2C(=O)CN(C[C@@H]2CCCO2)C(=O)c2cccc(Cl)c2)cc1. The quantitative estimate of drug-likeness (QED) is 0.378. The van der Waals surface area contributed by atoms with Crippen molar-refractivity contribution in [2.24, 2.45) is 0 Å². The molecule has 194 valence electrons. The zero-order valence-corrected chi connectivity index (χ0v) is 22.5. The van der Waals surface area contributed by atoms with E-state index in [0.717, 1.165) is 36.1 Å². The van der Waals surface area contributed by atoms with Crippen molar-refractivity contribution in [1.82, 2.24) is 9.80 Å². The van der Waals surface area contributed by atoms with Crippen molar-refractivity contribution in [2.75, 3.05) is 32.8 Å². The molecule has 8 heteroatoms. The third-order valence-corrected chi connectivity index (χ3v) is 8.21. The first-order valence-corrected chi connectivity index (χ1v) is 14.0. The van der Waals surface area contributed by atoms with Gasteiger partial charge in [-0.25, -0.2) is 0 Å². The van der Waals surface area contributed by atoms with Crippen LogP contribution in [0.2, 0.25) is 5.02 Å². The number of hydrogen-bond donors (Lipinski definition) is 0. The second kappa shape index (κ2) is 11.7. The van der Waals surface area contributed by atoms with E-state index in [4.69, 9.17) is 21.1 Å². The van der Waals surface area contributed by atoms with Crippen LogP contribution in [0.5, 0.6) is 5.75 Å². The highest BCUT2D eigenvalue weighted by atomic mass is 35.5. The summed E-state index contributed by atoms with van der Waals surface area (Å²) in [5.41, 5.74) is 2.76. The van der Waals surface area contributed by atoms with Crippen LogP contribution in [0.1, 0.15) is 45.2 Å². The highest BCUT2D eigenvalue weighted by Crippen LogP contribution is 2.34. The van der Waals surface area contributed by atoms with Crippen LogP contribution in [0.15, 0.2) is 60.0 Å². The molecule has 6 nitrogen and oxygen atoms in total. The lowest BCUT2D eigenvalue weighted by Crippen LogP contribution is -2.49. The Morgan fingerprint density at radius 3 is 2.78 bits per heavy atom. The van der Waals surface area contributed by atoms with Crippen molar-refractivity contribution in [1.29, 1.82) is 0 Å². The van der Waals surface area contributed by atoms with E-state index in [-0.39, 0.29) is 30.5 Å². The predicted octanol–water partition coefficient (Wildman–Crippen LogP) is 5.54. The normalized spacial score (nSPS) is 18.9. The molecular formula is C29H31ClN2O4S. The van der Waals surface area contributed by atoms with E-state index in [1.807, 2.05) is 36.1 Å². The fourth-order valence-electron chi connectivity index (χ4n) is 5.00. The van der Waals surface area contributed by atoms with E-state index < -0.39 is 0 Å². The topological polar surface area (TPSA) is 59.1 Å². The molecule has 0 aliphatic carbocycles. The van der Waals surface area contributed by atoms with Crippen LogP contribution in [0.4, 0.5) is 0 Å². The van der Waals surface area contributed by atoms with Gasteiger partial charge in [-0.1, -0.05) is 35.4 Å². The molecule has 5 rings (SSSR count). The molecule has 0 radical (unpaired) electrons. The number of amides is 2. The average Bonchev–Trinajstić information content (AvgIpc) is 3.59. The molecular weight excluding hydrogens is 508 g/mol. The van der Waals surface area contributed by atoms with E-state index >= 15 is 0 Å². The third-order valence-electron chi connectivity index (χ3n) is 6.98. The highest BCUT2D eigenvalue weighted by Gasteiger charge is 2.34. The van der Waals surface area contributed by atoms with Crippen molar-refractivity contribution in [3.63, 3.8) is 0 Å². The second-order valence-electron chi connectivity index (χ2n) is 9.61. The zero-order valence-electron chi connectivity index (χ0n) is 20.9. The summed E-state index contributed by atoms with van der Waals surface area (Å²) in [6.45, 7) is 4.02. The van der Waals surface area contributed by atoms with Gasteiger partial charge >= 0.3 is 0 Å². The van der Waals surface area contributed by atoms with Crippen molar-refractivity contribution in [2.45, 2.75) is 38.3 Å². The number of thiophene rings is 1. The molecule has 0 unspecified atom stereocenters. The number of nitrogens with zero attached hydrogens (tertiary/aromatic N) is 2. The molecule has 3 heterocycles. The van der Waals surface area contributed by atoms with Gasteiger partial charge in [0.2, 0.25) is 5.91 Å². The number of benzene rings is 2. The van der Waals surface area contributed by atoms with Gasteiger partial charge in [0.1, 0.15) is 18.9 Å². The maximum atomic E-state index is 13.8. The summed E-state index contributed by atoms with van der Waals surface area (Å²) in [5, 5.41) is 2.56. The van der Waals surface area contributed by atoms with Crippen LogP contribution in [0.25, 0.3) is 0 Å². The number of hydrogen-bond acceptors (Lipinski definition) is 5. The third kappa shape index (κ3) is 6.17. The van der Waals surface area contributed by atoms with Gasteiger partial charge in [-0.3, -0.25) is 9.59 Å². The van der Waals surface area contributed by atoms with E-state index in [1.165, 1.54) is 4.88 Å². The monoisotopic (exact) mass is 538 g/mol. The van der Waals surface area contributed by atoms with E-state index in [0.29, 0.717) is 36.9 Å². The van der Waals surface area contributed by atoms with Gasteiger partial charge in [0.05, 0.1) is 12.1 Å². The lowest BCUT2D eigenvalue weighted by molar-refractivity contribution is -0.135. The fraction of sp³-hybridized carbons (Fsp3) is 0.379. The molecule has 0 N–H and O–H groups in total. The Kier molecular flexibility index (Phi) is 8.13. The van der Waals surface area contributed by atoms with E-state index in [9.17, 15) is 9.59 Å². The first-order valence-electron chi connectivity index (χ1n) is 12.7. The lowest BCUT2D eigenvalue weighted by atomic mass is 10.00. The first-order chi connectivity index (χ1) is 18.0. The van der Waals surface area contributed by atoms with Crippen molar-refractivity contribution < 1.29 is 19.1 Å². The largest absolute Gasteiger partial charge is 0.491 e. The maximum Gasteiger partial charge on any atom is 0.254 e. The summed E-state index contributed by atoms with van der Waals surface area (Å²) in [4.78, 5) is 32.1. The van der Waals surface area contributed by atoms with Gasteiger partial charge in [-0.15, -0.1) is 11.3 Å². The lowest BCUT2D eigenvalue weighted by Gasteiger charge is -2.37. The van der Waals surface area contributed by atoms with Crippen molar-refractivity contribution >= 4 is 34.8 Å². The van der Waals surface area contributed by atoms with Crippen molar-refractivity contribution in [3.05, 3.63) is 86.6 Å². The van der Waals surface area contributed by atoms with Gasteiger partial charge in [-0.2, -0.15) is 0 Å². The van der Waals surface area contributed by atoms with E-state index in [1.54, 1.807) is 40.5 Å². The standard InChI is InChI=1S/C29H31ClN2O4S/c1-20-7-9-23(10-8-20)36-19-26-25-12-15-37-27(25)11-13-32(26)28(33)18-31(17-24-6-3-14-35-24)29(34)21-4-2-5-22(30)16-21/h2,4-5,7-10,12,15-16,24,26H,3,6,11,13-14,17-19H2,1H3/t24-,26-/m0/s1. The van der Waals surface area contributed by atoms with Gasteiger partial charge in [0.15, 0.2) is 0 Å². The number of carbonyl (C=O) groups excluding carboxylic acids is 2. The summed E-state index contributed by atoms with van der Waals surface area (Å²) < 4.78 is 12.0. The molecule has 0 saturated carbocycles. The molecule has 37 heavy (non-hydrogen) atoms. The predicted molar refractivity (Wildman–Crippen MR) is 145 cm³/mol. The van der Waals surface area contributed by atoms with E-state index in [2.05, 4.69) is 11.4 Å². The fourth-order valence-corrected chi connectivity index (χ4v) is 6.11. The number of carbonyl (C=O) groups is 2. The number of halogens is 1. The Morgan fingerprint density at radius 2 is 2.03 bits per heavy atom. The van der Waals surface area contributed by atoms with Crippen LogP contribution >= 0.6 is 22.9 Å². The first kappa shape index (κ1) is 25.8. The smallest absolute Gasteiger partial charge is 0.254 e. The maximum absolute atomic E-state index is 13.8. The Hall–Kier alpha value is -2.87. The number of aryl methyl sites for hydroxylation is 1. The molecule has 0 bridgehead atoms. The molecule has 2 aliphatic heterocycles. The van der Waals surface area contributed by atoms with Crippen LogP contribution in [0.3, 0.4) is 0 Å².